The van der Waals surface area contributed by atoms with Crippen molar-refractivity contribution in [3.63, 3.8) is 0 Å². The van der Waals surface area contributed by atoms with Gasteiger partial charge in [-0.15, -0.1) is 0 Å². The average molecular weight is 208 g/mol. The molecule has 0 saturated heterocycles. The Bertz CT molecular complexity index is 202. The van der Waals surface area contributed by atoms with Crippen molar-refractivity contribution in [1.82, 2.24) is 0 Å². The van der Waals surface area contributed by atoms with Crippen molar-refractivity contribution in [2.75, 3.05) is 0 Å². The van der Waals surface area contributed by atoms with Crippen LogP contribution in [0.4, 0.5) is 0 Å². The van der Waals surface area contributed by atoms with E-state index in [-0.39, 0.29) is 0 Å². The molecule has 0 heterocycles. The maximum atomic E-state index is 2.57. The normalized spacial score (nSPS) is 43.0. The van der Waals surface area contributed by atoms with Crippen LogP contribution in [0.5, 0.6) is 0 Å². The maximum Gasteiger partial charge on any atom is -0.0292 e. The molecule has 3 unspecified atom stereocenters. The molecule has 0 aromatic carbocycles. The van der Waals surface area contributed by atoms with Gasteiger partial charge in [0.15, 0.2) is 0 Å². The molecular weight excluding hydrogens is 180 g/mol. The Kier molecular flexibility index (Phi) is 3.14. The number of hydrogen-bond donors (Lipinski definition) is 0. The van der Waals surface area contributed by atoms with Crippen LogP contribution in [0.2, 0.25) is 0 Å². The van der Waals surface area contributed by atoms with Gasteiger partial charge in [-0.05, 0) is 41.9 Å². The molecule has 0 radical (unpaired) electrons. The van der Waals surface area contributed by atoms with Crippen LogP contribution in [0, 0.1) is 29.1 Å². The van der Waals surface area contributed by atoms with Crippen LogP contribution in [0.1, 0.15) is 66.2 Å². The molecule has 0 aromatic heterocycles. The summed E-state index contributed by atoms with van der Waals surface area (Å²) in [7, 11) is 0. The molecule has 0 aromatic rings. The summed E-state index contributed by atoms with van der Waals surface area (Å²) in [5.41, 5.74) is 0.661. The lowest BCUT2D eigenvalue weighted by Gasteiger charge is -2.35. The fourth-order valence-corrected chi connectivity index (χ4v) is 4.28. The Morgan fingerprint density at radius 1 is 0.933 bits per heavy atom. The molecule has 0 bridgehead atoms. The van der Waals surface area contributed by atoms with E-state index in [0.717, 1.165) is 23.7 Å². The summed E-state index contributed by atoms with van der Waals surface area (Å²) < 4.78 is 0. The van der Waals surface area contributed by atoms with Gasteiger partial charge in [-0.1, -0.05) is 53.4 Å². The van der Waals surface area contributed by atoms with Crippen LogP contribution in [-0.2, 0) is 0 Å². The Hall–Kier alpha value is 0. The quantitative estimate of drug-likeness (QED) is 0.606. The number of fused-ring (bicyclic) bond motifs is 1. The first-order valence-corrected chi connectivity index (χ1v) is 7.03. The van der Waals surface area contributed by atoms with Crippen molar-refractivity contribution in [2.24, 2.45) is 29.1 Å². The predicted molar refractivity (Wildman–Crippen MR) is 66.8 cm³/mol. The second kappa shape index (κ2) is 4.11. The molecule has 3 atom stereocenters. The van der Waals surface area contributed by atoms with Gasteiger partial charge in [0.05, 0.1) is 0 Å². The van der Waals surface area contributed by atoms with E-state index in [9.17, 15) is 0 Å². The van der Waals surface area contributed by atoms with Gasteiger partial charge in [0.2, 0.25) is 0 Å². The highest BCUT2D eigenvalue weighted by Gasteiger charge is 2.45. The lowest BCUT2D eigenvalue weighted by atomic mass is 9.71. The van der Waals surface area contributed by atoms with Gasteiger partial charge in [-0.2, -0.15) is 0 Å². The van der Waals surface area contributed by atoms with E-state index in [0.29, 0.717) is 5.41 Å². The highest BCUT2D eigenvalue weighted by Crippen LogP contribution is 2.55. The minimum atomic E-state index is 0.661. The zero-order valence-electron chi connectivity index (χ0n) is 11.1. The standard InChI is InChI=1S/C15H28/c1-11(2)12(3)15(4)9-13-7-5-6-8-14(13)10-15/h11-14H,5-10H2,1-4H3. The van der Waals surface area contributed by atoms with Gasteiger partial charge in [-0.25, -0.2) is 0 Å². The van der Waals surface area contributed by atoms with Crippen LogP contribution in [0.25, 0.3) is 0 Å². The minimum absolute atomic E-state index is 0.661. The Labute approximate surface area is 95.8 Å². The Morgan fingerprint density at radius 3 is 1.80 bits per heavy atom. The highest BCUT2D eigenvalue weighted by atomic mass is 14.5. The fraction of sp³-hybridized carbons (Fsp3) is 1.00. The molecule has 0 aliphatic heterocycles. The predicted octanol–water partition coefficient (Wildman–Crippen LogP) is 4.89. The van der Waals surface area contributed by atoms with Crippen LogP contribution in [-0.4, -0.2) is 0 Å². The molecule has 2 saturated carbocycles. The number of rotatable bonds is 2. The van der Waals surface area contributed by atoms with Gasteiger partial charge in [-0.3, -0.25) is 0 Å². The molecule has 2 aliphatic carbocycles. The van der Waals surface area contributed by atoms with Gasteiger partial charge in [0, 0.05) is 0 Å². The molecule has 0 heteroatoms. The van der Waals surface area contributed by atoms with Gasteiger partial charge in [0.1, 0.15) is 0 Å². The summed E-state index contributed by atoms with van der Waals surface area (Å²) >= 11 is 0. The average Bonchev–Trinajstić information content (AvgIpc) is 2.54. The summed E-state index contributed by atoms with van der Waals surface area (Å²) in [5, 5.41) is 0. The molecular formula is C15H28. The zero-order chi connectivity index (χ0) is 11.1. The maximum absolute atomic E-state index is 2.57. The summed E-state index contributed by atoms with van der Waals surface area (Å²) in [6.45, 7) is 9.85. The summed E-state index contributed by atoms with van der Waals surface area (Å²) in [6, 6.07) is 0. The third-order valence-corrected chi connectivity index (χ3v) is 5.62. The van der Waals surface area contributed by atoms with Crippen LogP contribution >= 0.6 is 0 Å². The van der Waals surface area contributed by atoms with E-state index < -0.39 is 0 Å². The lowest BCUT2D eigenvalue weighted by Crippen LogP contribution is -2.26. The molecule has 0 N–H and O–H groups in total. The van der Waals surface area contributed by atoms with Crippen LogP contribution in [0.3, 0.4) is 0 Å². The summed E-state index contributed by atoms with van der Waals surface area (Å²) in [6.07, 6.45) is 9.13. The smallest absolute Gasteiger partial charge is 0.0292 e. The first-order valence-electron chi connectivity index (χ1n) is 7.03. The zero-order valence-corrected chi connectivity index (χ0v) is 11.1. The van der Waals surface area contributed by atoms with Gasteiger partial charge >= 0.3 is 0 Å². The fourth-order valence-electron chi connectivity index (χ4n) is 4.28. The molecule has 88 valence electrons. The van der Waals surface area contributed by atoms with E-state index in [2.05, 4.69) is 27.7 Å². The first kappa shape index (κ1) is 11.5. The second-order valence-electron chi connectivity index (χ2n) is 6.90. The third kappa shape index (κ3) is 2.10. The van der Waals surface area contributed by atoms with Gasteiger partial charge < -0.3 is 0 Å². The topological polar surface area (TPSA) is 0 Å². The van der Waals surface area contributed by atoms with Crippen molar-refractivity contribution in [2.45, 2.75) is 66.2 Å². The van der Waals surface area contributed by atoms with E-state index in [1.165, 1.54) is 38.5 Å². The molecule has 2 fully saturated rings. The van der Waals surface area contributed by atoms with E-state index in [1.54, 1.807) is 0 Å². The van der Waals surface area contributed by atoms with Crippen molar-refractivity contribution < 1.29 is 0 Å². The molecule has 0 spiro atoms. The summed E-state index contributed by atoms with van der Waals surface area (Å²) in [4.78, 5) is 0. The van der Waals surface area contributed by atoms with Crippen LogP contribution < -0.4 is 0 Å². The molecule has 2 rings (SSSR count). The van der Waals surface area contributed by atoms with Crippen molar-refractivity contribution in [3.8, 4) is 0 Å². The Balaban J connectivity index is 2.05. The third-order valence-electron chi connectivity index (χ3n) is 5.62. The molecule has 15 heavy (non-hydrogen) atoms. The monoisotopic (exact) mass is 208 g/mol. The summed E-state index contributed by atoms with van der Waals surface area (Å²) in [5.74, 6) is 3.94. The molecule has 2 aliphatic rings. The van der Waals surface area contributed by atoms with Crippen molar-refractivity contribution >= 4 is 0 Å². The number of hydrogen-bond acceptors (Lipinski definition) is 0. The van der Waals surface area contributed by atoms with E-state index in [4.69, 9.17) is 0 Å². The van der Waals surface area contributed by atoms with E-state index in [1.807, 2.05) is 0 Å². The van der Waals surface area contributed by atoms with E-state index >= 15 is 0 Å². The first-order chi connectivity index (χ1) is 7.03. The Morgan fingerprint density at radius 2 is 1.40 bits per heavy atom. The highest BCUT2D eigenvalue weighted by molar-refractivity contribution is 4.96. The second-order valence-corrected chi connectivity index (χ2v) is 6.90. The van der Waals surface area contributed by atoms with Crippen LogP contribution in [0.15, 0.2) is 0 Å². The van der Waals surface area contributed by atoms with Crippen molar-refractivity contribution in [1.29, 1.82) is 0 Å². The van der Waals surface area contributed by atoms with Gasteiger partial charge in [0.25, 0.3) is 0 Å². The molecule has 0 nitrogen and oxygen atoms in total. The molecule has 0 amide bonds. The lowest BCUT2D eigenvalue weighted by molar-refractivity contribution is 0.149. The minimum Gasteiger partial charge on any atom is -0.0625 e. The SMILES string of the molecule is CC(C)C(C)C1(C)CC2CCCCC2C1. The van der Waals surface area contributed by atoms with Crippen molar-refractivity contribution in [3.05, 3.63) is 0 Å². The largest absolute Gasteiger partial charge is 0.0625 e.